The molecule has 1 rings (SSSR count). The molecule has 1 aromatic rings. The van der Waals surface area contributed by atoms with Gasteiger partial charge < -0.3 is 10.0 Å². The number of hydrogen-bond donors (Lipinski definition) is 1. The summed E-state index contributed by atoms with van der Waals surface area (Å²) >= 11 is 0. The van der Waals surface area contributed by atoms with Gasteiger partial charge in [-0.1, -0.05) is 32.9 Å². The van der Waals surface area contributed by atoms with Gasteiger partial charge in [0.2, 0.25) is 0 Å². The lowest BCUT2D eigenvalue weighted by molar-refractivity contribution is 0.173. The van der Waals surface area contributed by atoms with Gasteiger partial charge >= 0.3 is 0 Å². The summed E-state index contributed by atoms with van der Waals surface area (Å²) in [7, 11) is 0. The standard InChI is InChI=1S/C15H25NO/c1-5-15(17)13-7-9-14(10-8-13)16(6-2)11-12(3)4/h7-10,12,15,17H,5-6,11H2,1-4H3/t15-/m0/s1. The van der Waals surface area contributed by atoms with Crippen LogP contribution in [0.1, 0.15) is 45.8 Å². The van der Waals surface area contributed by atoms with Crippen LogP contribution in [0.3, 0.4) is 0 Å². The highest BCUT2D eigenvalue weighted by Crippen LogP contribution is 2.21. The van der Waals surface area contributed by atoms with Crippen LogP contribution in [0.4, 0.5) is 5.69 Å². The average Bonchev–Trinajstić information content (AvgIpc) is 2.35. The van der Waals surface area contributed by atoms with Crippen molar-refractivity contribution in [1.29, 1.82) is 0 Å². The Morgan fingerprint density at radius 3 is 2.12 bits per heavy atom. The molecular weight excluding hydrogens is 210 g/mol. The van der Waals surface area contributed by atoms with Crippen molar-refractivity contribution >= 4 is 5.69 Å². The molecule has 17 heavy (non-hydrogen) atoms. The Morgan fingerprint density at radius 2 is 1.71 bits per heavy atom. The van der Waals surface area contributed by atoms with E-state index in [2.05, 4.69) is 37.8 Å². The minimum atomic E-state index is -0.329. The molecule has 2 nitrogen and oxygen atoms in total. The zero-order valence-corrected chi connectivity index (χ0v) is 11.5. The summed E-state index contributed by atoms with van der Waals surface area (Å²) < 4.78 is 0. The first kappa shape index (κ1) is 14.0. The quantitative estimate of drug-likeness (QED) is 0.814. The summed E-state index contributed by atoms with van der Waals surface area (Å²) in [6.07, 6.45) is 0.437. The van der Waals surface area contributed by atoms with Gasteiger partial charge in [-0.15, -0.1) is 0 Å². The summed E-state index contributed by atoms with van der Waals surface area (Å²) in [6.45, 7) is 10.7. The molecule has 0 aromatic heterocycles. The molecule has 0 amide bonds. The van der Waals surface area contributed by atoms with E-state index >= 15 is 0 Å². The Kier molecular flexibility index (Phi) is 5.49. The maximum absolute atomic E-state index is 9.75. The van der Waals surface area contributed by atoms with Crippen molar-refractivity contribution in [3.05, 3.63) is 29.8 Å². The Morgan fingerprint density at radius 1 is 1.12 bits per heavy atom. The zero-order valence-electron chi connectivity index (χ0n) is 11.5. The molecule has 0 aliphatic carbocycles. The second-order valence-corrected chi connectivity index (χ2v) is 4.95. The minimum Gasteiger partial charge on any atom is -0.388 e. The lowest BCUT2D eigenvalue weighted by Crippen LogP contribution is -2.27. The fourth-order valence-electron chi connectivity index (χ4n) is 2.00. The Labute approximate surface area is 105 Å². The molecule has 0 saturated heterocycles. The molecule has 0 bridgehead atoms. The summed E-state index contributed by atoms with van der Waals surface area (Å²) in [6, 6.07) is 8.29. The van der Waals surface area contributed by atoms with Crippen LogP contribution in [0.5, 0.6) is 0 Å². The van der Waals surface area contributed by atoms with Crippen LogP contribution in [-0.4, -0.2) is 18.2 Å². The second-order valence-electron chi connectivity index (χ2n) is 4.95. The lowest BCUT2D eigenvalue weighted by atomic mass is 10.1. The number of rotatable bonds is 6. The third-order valence-corrected chi connectivity index (χ3v) is 3.00. The molecule has 1 aromatic carbocycles. The van der Waals surface area contributed by atoms with Gasteiger partial charge in [-0.05, 0) is 37.0 Å². The summed E-state index contributed by atoms with van der Waals surface area (Å²) in [5.41, 5.74) is 2.25. The van der Waals surface area contributed by atoms with Gasteiger partial charge in [-0.2, -0.15) is 0 Å². The van der Waals surface area contributed by atoms with Crippen LogP contribution in [0.25, 0.3) is 0 Å². The maximum atomic E-state index is 9.75. The van der Waals surface area contributed by atoms with E-state index in [1.807, 2.05) is 19.1 Å². The van der Waals surface area contributed by atoms with Gasteiger partial charge in [0.1, 0.15) is 0 Å². The molecule has 0 heterocycles. The monoisotopic (exact) mass is 235 g/mol. The zero-order chi connectivity index (χ0) is 12.8. The molecule has 96 valence electrons. The minimum absolute atomic E-state index is 0.329. The molecule has 1 N–H and O–H groups in total. The highest BCUT2D eigenvalue weighted by molar-refractivity contribution is 5.47. The Hall–Kier alpha value is -1.02. The van der Waals surface area contributed by atoms with E-state index in [0.717, 1.165) is 25.1 Å². The number of nitrogens with zero attached hydrogens (tertiary/aromatic N) is 1. The van der Waals surface area contributed by atoms with Crippen molar-refractivity contribution < 1.29 is 5.11 Å². The smallest absolute Gasteiger partial charge is 0.0787 e. The van der Waals surface area contributed by atoms with Gasteiger partial charge in [-0.3, -0.25) is 0 Å². The molecule has 2 heteroatoms. The van der Waals surface area contributed by atoms with Gasteiger partial charge in [0.05, 0.1) is 6.10 Å². The van der Waals surface area contributed by atoms with Crippen molar-refractivity contribution in [3.63, 3.8) is 0 Å². The predicted molar refractivity (Wildman–Crippen MR) is 74.4 cm³/mol. The molecule has 0 fully saturated rings. The van der Waals surface area contributed by atoms with Crippen LogP contribution in [0.15, 0.2) is 24.3 Å². The van der Waals surface area contributed by atoms with Gasteiger partial charge in [-0.25, -0.2) is 0 Å². The number of aliphatic hydroxyl groups is 1. The third kappa shape index (κ3) is 4.04. The van der Waals surface area contributed by atoms with E-state index in [9.17, 15) is 5.11 Å². The van der Waals surface area contributed by atoms with E-state index < -0.39 is 0 Å². The predicted octanol–water partition coefficient (Wildman–Crippen LogP) is 3.61. The van der Waals surface area contributed by atoms with Gasteiger partial charge in [0.25, 0.3) is 0 Å². The van der Waals surface area contributed by atoms with E-state index in [-0.39, 0.29) is 6.10 Å². The normalized spacial score (nSPS) is 12.8. The summed E-state index contributed by atoms with van der Waals surface area (Å²) in [5, 5.41) is 9.75. The summed E-state index contributed by atoms with van der Waals surface area (Å²) in [5.74, 6) is 0.663. The van der Waals surface area contributed by atoms with Crippen molar-refractivity contribution in [2.24, 2.45) is 5.92 Å². The molecule has 0 saturated carbocycles. The Balaban J connectivity index is 2.77. The third-order valence-electron chi connectivity index (χ3n) is 3.00. The fourth-order valence-corrected chi connectivity index (χ4v) is 2.00. The van der Waals surface area contributed by atoms with Gasteiger partial charge in [0, 0.05) is 18.8 Å². The summed E-state index contributed by atoms with van der Waals surface area (Å²) in [4.78, 5) is 2.37. The lowest BCUT2D eigenvalue weighted by Gasteiger charge is -2.25. The highest BCUT2D eigenvalue weighted by atomic mass is 16.3. The fraction of sp³-hybridized carbons (Fsp3) is 0.600. The molecule has 0 radical (unpaired) electrons. The van der Waals surface area contributed by atoms with Crippen LogP contribution >= 0.6 is 0 Å². The first-order valence-electron chi connectivity index (χ1n) is 6.61. The SMILES string of the molecule is CC[C@H](O)c1ccc(N(CC)CC(C)C)cc1. The molecule has 1 atom stereocenters. The van der Waals surface area contributed by atoms with E-state index in [0.29, 0.717) is 5.92 Å². The Bertz CT molecular complexity index is 318. The maximum Gasteiger partial charge on any atom is 0.0787 e. The number of anilines is 1. The van der Waals surface area contributed by atoms with Gasteiger partial charge in [0.15, 0.2) is 0 Å². The molecular formula is C15H25NO. The van der Waals surface area contributed by atoms with Crippen molar-refractivity contribution in [1.82, 2.24) is 0 Å². The van der Waals surface area contributed by atoms with Crippen LogP contribution in [-0.2, 0) is 0 Å². The largest absolute Gasteiger partial charge is 0.388 e. The van der Waals surface area contributed by atoms with Crippen molar-refractivity contribution in [3.8, 4) is 0 Å². The van der Waals surface area contributed by atoms with E-state index in [1.54, 1.807) is 0 Å². The molecule has 0 spiro atoms. The van der Waals surface area contributed by atoms with Crippen LogP contribution < -0.4 is 4.90 Å². The van der Waals surface area contributed by atoms with Crippen LogP contribution in [0.2, 0.25) is 0 Å². The molecule has 0 aliphatic rings. The molecule has 0 unspecified atom stereocenters. The average molecular weight is 235 g/mol. The van der Waals surface area contributed by atoms with Crippen molar-refractivity contribution in [2.45, 2.75) is 40.2 Å². The highest BCUT2D eigenvalue weighted by Gasteiger charge is 2.08. The van der Waals surface area contributed by atoms with E-state index in [4.69, 9.17) is 0 Å². The number of benzene rings is 1. The van der Waals surface area contributed by atoms with E-state index in [1.165, 1.54) is 5.69 Å². The second kappa shape index (κ2) is 6.65. The number of aliphatic hydroxyl groups excluding tert-OH is 1. The first-order valence-corrected chi connectivity index (χ1v) is 6.61. The van der Waals surface area contributed by atoms with Crippen molar-refractivity contribution in [2.75, 3.05) is 18.0 Å². The topological polar surface area (TPSA) is 23.5 Å². The molecule has 0 aliphatic heterocycles. The number of hydrogen-bond acceptors (Lipinski definition) is 2. The first-order chi connectivity index (χ1) is 8.08. The van der Waals surface area contributed by atoms with Crippen LogP contribution in [0, 0.1) is 5.92 Å².